The van der Waals surface area contributed by atoms with E-state index in [1.165, 1.54) is 32.8 Å². The van der Waals surface area contributed by atoms with Crippen LogP contribution in [0.5, 0.6) is 11.5 Å². The highest BCUT2D eigenvalue weighted by molar-refractivity contribution is 6.16. The first-order valence-electron chi connectivity index (χ1n) is 17.0. The third-order valence-corrected chi connectivity index (χ3v) is 9.85. The van der Waals surface area contributed by atoms with Gasteiger partial charge >= 0.3 is 0 Å². The maximum absolute atomic E-state index is 6.71. The lowest BCUT2D eigenvalue weighted by atomic mass is 9.78. The van der Waals surface area contributed by atoms with Crippen molar-refractivity contribution < 1.29 is 4.74 Å². The van der Waals surface area contributed by atoms with Gasteiger partial charge in [0, 0.05) is 33.8 Å². The largest absolute Gasteiger partial charge is 0.457 e. The summed E-state index contributed by atoms with van der Waals surface area (Å²) in [7, 11) is 0. The third kappa shape index (κ3) is 4.60. The fraction of sp³-hybridized carbons (Fsp3) is 0.182. The van der Waals surface area contributed by atoms with Gasteiger partial charge in [0.05, 0.1) is 27.6 Å². The van der Waals surface area contributed by atoms with Crippen molar-refractivity contribution in [1.29, 1.82) is 0 Å². The van der Waals surface area contributed by atoms with Crippen LogP contribution >= 0.6 is 0 Å². The molecule has 0 unspecified atom stereocenters. The molecule has 0 fully saturated rings. The van der Waals surface area contributed by atoms with Crippen molar-refractivity contribution in [1.82, 2.24) is 18.9 Å². The molecule has 5 aromatic carbocycles. The van der Waals surface area contributed by atoms with Gasteiger partial charge in [-0.2, -0.15) is 0 Å². The predicted molar refractivity (Wildman–Crippen MR) is 204 cm³/mol. The molecule has 0 atom stereocenters. The number of benzene rings is 5. The van der Waals surface area contributed by atoms with Crippen LogP contribution in [0.15, 0.2) is 121 Å². The molecule has 0 N–H and O–H groups in total. The average Bonchev–Trinajstić information content (AvgIpc) is 3.64. The molecule has 240 valence electrons. The van der Waals surface area contributed by atoms with Gasteiger partial charge in [-0.3, -0.25) is 8.97 Å². The number of imidazole rings is 1. The monoisotopic (exact) mass is 638 g/mol. The first-order valence-corrected chi connectivity index (χ1v) is 17.0. The minimum Gasteiger partial charge on any atom is -0.457 e. The molecule has 0 amide bonds. The van der Waals surface area contributed by atoms with E-state index in [9.17, 15) is 0 Å². The van der Waals surface area contributed by atoms with Crippen molar-refractivity contribution in [2.75, 3.05) is 0 Å². The lowest BCUT2D eigenvalue weighted by Crippen LogP contribution is -2.17. The molecule has 4 aromatic heterocycles. The first kappa shape index (κ1) is 29.5. The van der Waals surface area contributed by atoms with Crippen molar-refractivity contribution in [3.05, 3.63) is 133 Å². The number of hydrogen-bond donors (Lipinski definition) is 0. The topological polar surface area (TPSA) is 44.3 Å². The summed E-state index contributed by atoms with van der Waals surface area (Å²) in [5.41, 5.74) is 8.95. The molecule has 0 spiro atoms. The first-order chi connectivity index (χ1) is 23.6. The summed E-state index contributed by atoms with van der Waals surface area (Å²) in [6.07, 6.45) is 1.84. The second-order valence-electron chi connectivity index (χ2n) is 15.2. The summed E-state index contributed by atoms with van der Waals surface area (Å²) in [5.74, 6) is 2.41. The second-order valence-corrected chi connectivity index (χ2v) is 15.2. The predicted octanol–water partition coefficient (Wildman–Crippen LogP) is 11.7. The second kappa shape index (κ2) is 10.4. The van der Waals surface area contributed by atoms with Crippen LogP contribution in [0.1, 0.15) is 52.7 Å². The fourth-order valence-corrected chi connectivity index (χ4v) is 7.43. The van der Waals surface area contributed by atoms with Crippen LogP contribution in [0.2, 0.25) is 0 Å². The molecule has 4 heterocycles. The molecule has 0 bridgehead atoms. The van der Waals surface area contributed by atoms with Gasteiger partial charge in [0.2, 0.25) is 0 Å². The van der Waals surface area contributed by atoms with Gasteiger partial charge in [-0.25, -0.2) is 9.97 Å². The molecular weight excluding hydrogens is 601 g/mol. The Kier molecular flexibility index (Phi) is 6.26. The lowest BCUT2D eigenvalue weighted by Gasteiger charge is -2.28. The van der Waals surface area contributed by atoms with Crippen LogP contribution in [-0.2, 0) is 10.8 Å². The fourth-order valence-electron chi connectivity index (χ4n) is 7.43. The van der Waals surface area contributed by atoms with Crippen molar-refractivity contribution in [3.63, 3.8) is 0 Å². The van der Waals surface area contributed by atoms with E-state index in [1.807, 2.05) is 24.4 Å². The summed E-state index contributed by atoms with van der Waals surface area (Å²) in [4.78, 5) is 9.93. The number of rotatable bonds is 3. The molecule has 0 aliphatic rings. The molecule has 0 saturated carbocycles. The third-order valence-electron chi connectivity index (χ3n) is 9.85. The summed E-state index contributed by atoms with van der Waals surface area (Å²) >= 11 is 0. The number of ether oxygens (including phenoxy) is 1. The van der Waals surface area contributed by atoms with Gasteiger partial charge in [-0.15, -0.1) is 0 Å². The van der Waals surface area contributed by atoms with Gasteiger partial charge in [0.1, 0.15) is 23.0 Å². The van der Waals surface area contributed by atoms with E-state index >= 15 is 0 Å². The number of para-hydroxylation sites is 3. The van der Waals surface area contributed by atoms with E-state index in [0.29, 0.717) is 0 Å². The van der Waals surface area contributed by atoms with E-state index < -0.39 is 0 Å². The van der Waals surface area contributed by atoms with Crippen LogP contribution in [0, 0.1) is 0 Å². The molecule has 9 aromatic rings. The van der Waals surface area contributed by atoms with Gasteiger partial charge in [0.25, 0.3) is 0 Å². The Morgan fingerprint density at radius 3 is 2.00 bits per heavy atom. The molecular formula is C44H38N4O. The Balaban J connectivity index is 1.29. The highest BCUT2D eigenvalue weighted by atomic mass is 16.5. The normalized spacial score (nSPS) is 12.7. The maximum atomic E-state index is 6.71. The van der Waals surface area contributed by atoms with E-state index in [1.54, 1.807) is 0 Å². The summed E-state index contributed by atoms with van der Waals surface area (Å²) in [6, 6.07) is 40.6. The van der Waals surface area contributed by atoms with Crippen LogP contribution < -0.4 is 4.74 Å². The summed E-state index contributed by atoms with van der Waals surface area (Å²) in [5, 5.41) is 5.86. The highest BCUT2D eigenvalue weighted by Gasteiger charge is 2.26. The van der Waals surface area contributed by atoms with Crippen molar-refractivity contribution in [2.24, 2.45) is 0 Å². The molecule has 49 heavy (non-hydrogen) atoms. The van der Waals surface area contributed by atoms with Gasteiger partial charge in [0.15, 0.2) is 0 Å². The number of hydrogen-bond acceptors (Lipinski definition) is 3. The van der Waals surface area contributed by atoms with Crippen LogP contribution in [0.4, 0.5) is 0 Å². The van der Waals surface area contributed by atoms with Gasteiger partial charge < -0.3 is 4.74 Å². The zero-order valence-electron chi connectivity index (χ0n) is 28.7. The molecule has 5 nitrogen and oxygen atoms in total. The highest BCUT2D eigenvalue weighted by Crippen LogP contribution is 2.43. The van der Waals surface area contributed by atoms with Crippen molar-refractivity contribution in [3.8, 4) is 17.3 Å². The SMILES string of the molecule is CC(C)(C)c1cc(C(C)(C)C)c2c3ccc(Oc4ccc5c6ccccc6n(-c6ccccn6)c5c4)cc3c3nc4ccccc4n3c2c1. The minimum atomic E-state index is -0.0762. The average molecular weight is 639 g/mol. The number of aromatic nitrogens is 4. The summed E-state index contributed by atoms with van der Waals surface area (Å²) < 4.78 is 11.3. The molecule has 0 aliphatic carbocycles. The van der Waals surface area contributed by atoms with E-state index in [0.717, 1.165) is 55.8 Å². The molecule has 0 radical (unpaired) electrons. The number of nitrogens with zero attached hydrogens (tertiary/aromatic N) is 4. The van der Waals surface area contributed by atoms with Crippen molar-refractivity contribution in [2.45, 2.75) is 52.4 Å². The lowest BCUT2D eigenvalue weighted by molar-refractivity contribution is 0.484. The maximum Gasteiger partial charge on any atom is 0.146 e. The minimum absolute atomic E-state index is 0.00701. The Hall–Kier alpha value is -5.68. The zero-order chi connectivity index (χ0) is 33.7. The van der Waals surface area contributed by atoms with Crippen molar-refractivity contribution >= 4 is 60.2 Å². The summed E-state index contributed by atoms with van der Waals surface area (Å²) in [6.45, 7) is 13.8. The molecule has 0 saturated heterocycles. The Morgan fingerprint density at radius 2 is 1.24 bits per heavy atom. The quantitative estimate of drug-likeness (QED) is 0.181. The molecule has 5 heteroatoms. The van der Waals surface area contributed by atoms with Gasteiger partial charge in [-0.05, 0) is 94.1 Å². The van der Waals surface area contributed by atoms with Crippen LogP contribution in [-0.4, -0.2) is 18.9 Å². The molecule has 0 aliphatic heterocycles. The van der Waals surface area contributed by atoms with Crippen LogP contribution in [0.25, 0.3) is 66.0 Å². The number of fused-ring (bicyclic) bond motifs is 11. The standard InChI is InChI=1S/C44H38N4O/c1-43(2,3)27-23-34(44(4,5)6)41-32-21-19-28(25-33(32)42-46-35-14-8-10-16-37(35)48(42)39(41)24-27)49-29-18-20-31-30-13-7-9-15-36(30)47(38(31)26-29)40-17-11-12-22-45-40/h7-26H,1-6H3. The molecule has 9 rings (SSSR count). The van der Waals surface area contributed by atoms with Gasteiger partial charge in [-0.1, -0.05) is 84.0 Å². The van der Waals surface area contributed by atoms with E-state index in [-0.39, 0.29) is 10.8 Å². The zero-order valence-corrected chi connectivity index (χ0v) is 28.7. The smallest absolute Gasteiger partial charge is 0.146 e. The Labute approximate surface area is 285 Å². The number of pyridine rings is 2. The van der Waals surface area contributed by atoms with Crippen LogP contribution in [0.3, 0.4) is 0 Å². The van der Waals surface area contributed by atoms with E-state index in [2.05, 4.69) is 148 Å². The van der Waals surface area contributed by atoms with E-state index in [4.69, 9.17) is 14.7 Å². The Morgan fingerprint density at radius 1 is 0.551 bits per heavy atom. The Bertz CT molecular complexity index is 2760.